The molecule has 0 fully saturated rings. The van der Waals surface area contributed by atoms with Crippen LogP contribution in [0.2, 0.25) is 0 Å². The Labute approximate surface area is 171 Å². The molecule has 1 aliphatic heterocycles. The Morgan fingerprint density at radius 1 is 1.21 bits per heavy atom. The SMILES string of the molecule is CC(=Cc1ccc(CCC(O)c2ccc3c(c2)C(C)(C)CCS3)cc1)C(=O)O. The largest absolute Gasteiger partial charge is 0.478 e. The summed E-state index contributed by atoms with van der Waals surface area (Å²) < 4.78 is 0. The second-order valence-electron chi connectivity index (χ2n) is 8.17. The molecule has 0 saturated carbocycles. The van der Waals surface area contributed by atoms with Crippen molar-refractivity contribution >= 4 is 23.8 Å². The van der Waals surface area contributed by atoms with Gasteiger partial charge in [0.1, 0.15) is 0 Å². The lowest BCUT2D eigenvalue weighted by Gasteiger charge is -2.32. The van der Waals surface area contributed by atoms with Crippen LogP contribution in [0.25, 0.3) is 6.08 Å². The average molecular weight is 397 g/mol. The third-order valence-corrected chi connectivity index (χ3v) is 6.58. The van der Waals surface area contributed by atoms with Gasteiger partial charge >= 0.3 is 5.97 Å². The number of hydrogen-bond acceptors (Lipinski definition) is 3. The Hall–Kier alpha value is -2.04. The minimum absolute atomic E-state index is 0.160. The Bertz CT molecular complexity index is 881. The van der Waals surface area contributed by atoms with Crippen molar-refractivity contribution in [1.29, 1.82) is 0 Å². The fourth-order valence-corrected chi connectivity index (χ4v) is 5.01. The van der Waals surface area contributed by atoms with E-state index in [1.54, 1.807) is 13.0 Å². The third kappa shape index (κ3) is 4.86. The quantitative estimate of drug-likeness (QED) is 0.623. The molecule has 148 valence electrons. The zero-order chi connectivity index (χ0) is 20.3. The number of fused-ring (bicyclic) bond motifs is 1. The first-order valence-corrected chi connectivity index (χ1v) is 10.7. The van der Waals surface area contributed by atoms with Gasteiger partial charge in [-0.1, -0.05) is 50.2 Å². The second-order valence-corrected chi connectivity index (χ2v) is 9.30. The number of thioether (sulfide) groups is 1. The van der Waals surface area contributed by atoms with Crippen LogP contribution in [0.5, 0.6) is 0 Å². The smallest absolute Gasteiger partial charge is 0.331 e. The van der Waals surface area contributed by atoms with Gasteiger partial charge in [-0.25, -0.2) is 4.79 Å². The molecule has 2 aromatic rings. The highest BCUT2D eigenvalue weighted by atomic mass is 32.2. The summed E-state index contributed by atoms with van der Waals surface area (Å²) in [4.78, 5) is 12.3. The second kappa shape index (κ2) is 8.54. The molecule has 3 rings (SSSR count). The standard InChI is InChI=1S/C24H28O3S/c1-16(23(26)27)14-18-6-4-17(5-7-18)8-10-21(25)19-9-11-22-20(15-19)24(2,3)12-13-28-22/h4-7,9,11,14-15,21,25H,8,10,12-13H2,1-3H3,(H,26,27). The number of rotatable bonds is 6. The number of carboxylic acids is 1. The Morgan fingerprint density at radius 2 is 1.93 bits per heavy atom. The van der Waals surface area contributed by atoms with E-state index in [1.807, 2.05) is 36.0 Å². The molecule has 1 heterocycles. The van der Waals surface area contributed by atoms with Gasteiger partial charge in [0.25, 0.3) is 0 Å². The highest BCUT2D eigenvalue weighted by molar-refractivity contribution is 7.99. The highest BCUT2D eigenvalue weighted by Gasteiger charge is 2.28. The molecule has 0 spiro atoms. The Kier molecular flexibility index (Phi) is 6.31. The summed E-state index contributed by atoms with van der Waals surface area (Å²) in [6.45, 7) is 6.15. The molecule has 1 atom stereocenters. The summed E-state index contributed by atoms with van der Waals surface area (Å²) in [7, 11) is 0. The van der Waals surface area contributed by atoms with E-state index in [2.05, 4.69) is 32.0 Å². The summed E-state index contributed by atoms with van der Waals surface area (Å²) in [6, 6.07) is 14.3. The maximum Gasteiger partial charge on any atom is 0.331 e. The van der Waals surface area contributed by atoms with E-state index >= 15 is 0 Å². The first kappa shape index (κ1) is 20.7. The maximum absolute atomic E-state index is 10.9. The number of carbonyl (C=O) groups is 1. The lowest BCUT2D eigenvalue weighted by atomic mass is 9.80. The van der Waals surface area contributed by atoms with Crippen LogP contribution in [0.4, 0.5) is 0 Å². The number of aryl methyl sites for hydroxylation is 1. The van der Waals surface area contributed by atoms with Gasteiger partial charge in [-0.2, -0.15) is 0 Å². The van der Waals surface area contributed by atoms with Gasteiger partial charge in [0.2, 0.25) is 0 Å². The average Bonchev–Trinajstić information content (AvgIpc) is 2.66. The highest BCUT2D eigenvalue weighted by Crippen LogP contribution is 2.42. The summed E-state index contributed by atoms with van der Waals surface area (Å²) >= 11 is 1.91. The number of aliphatic hydroxyl groups excluding tert-OH is 1. The zero-order valence-electron chi connectivity index (χ0n) is 16.7. The van der Waals surface area contributed by atoms with Gasteiger partial charge in [0, 0.05) is 10.5 Å². The predicted octanol–water partition coefficient (Wildman–Crippen LogP) is 5.61. The summed E-state index contributed by atoms with van der Waals surface area (Å²) in [5.41, 5.74) is 4.83. The van der Waals surface area contributed by atoms with Crippen molar-refractivity contribution < 1.29 is 15.0 Å². The summed E-state index contributed by atoms with van der Waals surface area (Å²) in [6.07, 6.45) is 3.77. The van der Waals surface area contributed by atoms with E-state index in [9.17, 15) is 9.90 Å². The van der Waals surface area contributed by atoms with Crippen molar-refractivity contribution in [3.8, 4) is 0 Å². The minimum Gasteiger partial charge on any atom is -0.478 e. The summed E-state index contributed by atoms with van der Waals surface area (Å²) in [5.74, 6) is 0.248. The molecular formula is C24H28O3S. The van der Waals surface area contributed by atoms with E-state index < -0.39 is 12.1 Å². The number of carboxylic acid groups (broad SMARTS) is 1. The maximum atomic E-state index is 10.9. The summed E-state index contributed by atoms with van der Waals surface area (Å²) in [5, 5.41) is 19.7. The van der Waals surface area contributed by atoms with Gasteiger partial charge in [0.05, 0.1) is 6.10 Å². The van der Waals surface area contributed by atoms with E-state index in [1.165, 1.54) is 10.5 Å². The lowest BCUT2D eigenvalue weighted by molar-refractivity contribution is -0.132. The molecule has 0 bridgehead atoms. The van der Waals surface area contributed by atoms with Crippen LogP contribution >= 0.6 is 11.8 Å². The zero-order valence-corrected chi connectivity index (χ0v) is 17.6. The van der Waals surface area contributed by atoms with Crippen LogP contribution in [0.3, 0.4) is 0 Å². The van der Waals surface area contributed by atoms with Gasteiger partial charge in [-0.3, -0.25) is 0 Å². The molecule has 4 heteroatoms. The van der Waals surface area contributed by atoms with E-state index in [0.29, 0.717) is 12.0 Å². The molecule has 0 amide bonds. The first-order valence-electron chi connectivity index (χ1n) is 9.72. The normalized spacial score (nSPS) is 17.1. The van der Waals surface area contributed by atoms with Crippen molar-refractivity contribution in [3.63, 3.8) is 0 Å². The number of benzene rings is 2. The van der Waals surface area contributed by atoms with Crippen molar-refractivity contribution in [2.75, 3.05) is 5.75 Å². The Morgan fingerprint density at radius 3 is 2.61 bits per heavy atom. The first-order chi connectivity index (χ1) is 13.3. The molecule has 0 aromatic heterocycles. The van der Waals surface area contributed by atoms with E-state index in [0.717, 1.165) is 35.3 Å². The van der Waals surface area contributed by atoms with Gasteiger partial charge in [0.15, 0.2) is 0 Å². The lowest BCUT2D eigenvalue weighted by Crippen LogP contribution is -2.23. The van der Waals surface area contributed by atoms with Crippen LogP contribution in [-0.4, -0.2) is 21.9 Å². The molecule has 0 radical (unpaired) electrons. The molecule has 2 N–H and O–H groups in total. The van der Waals surface area contributed by atoms with Crippen LogP contribution in [0, 0.1) is 0 Å². The van der Waals surface area contributed by atoms with Crippen LogP contribution < -0.4 is 0 Å². The monoisotopic (exact) mass is 396 g/mol. The van der Waals surface area contributed by atoms with E-state index in [4.69, 9.17) is 5.11 Å². The minimum atomic E-state index is -0.904. The van der Waals surface area contributed by atoms with Crippen molar-refractivity contribution in [3.05, 3.63) is 70.3 Å². The fourth-order valence-electron chi connectivity index (χ4n) is 3.52. The van der Waals surface area contributed by atoms with Gasteiger partial charge in [-0.15, -0.1) is 11.8 Å². The number of aliphatic hydroxyl groups is 1. The number of hydrogen-bond donors (Lipinski definition) is 2. The Balaban J connectivity index is 1.65. The molecule has 0 saturated heterocycles. The van der Waals surface area contributed by atoms with Crippen LogP contribution in [0.1, 0.15) is 62.0 Å². The van der Waals surface area contributed by atoms with E-state index in [-0.39, 0.29) is 5.41 Å². The van der Waals surface area contributed by atoms with Crippen molar-refractivity contribution in [2.45, 2.75) is 56.4 Å². The molecular weight excluding hydrogens is 368 g/mol. The molecule has 28 heavy (non-hydrogen) atoms. The topological polar surface area (TPSA) is 57.5 Å². The third-order valence-electron chi connectivity index (χ3n) is 5.51. The number of aliphatic carboxylic acids is 1. The van der Waals surface area contributed by atoms with Gasteiger partial charge < -0.3 is 10.2 Å². The predicted molar refractivity (Wildman–Crippen MR) is 116 cm³/mol. The van der Waals surface area contributed by atoms with Crippen molar-refractivity contribution in [2.24, 2.45) is 0 Å². The molecule has 3 nitrogen and oxygen atoms in total. The molecule has 1 aliphatic rings. The van der Waals surface area contributed by atoms with Crippen LogP contribution in [-0.2, 0) is 16.6 Å². The molecule has 0 aliphatic carbocycles. The van der Waals surface area contributed by atoms with Crippen LogP contribution in [0.15, 0.2) is 52.9 Å². The molecule has 1 unspecified atom stereocenters. The van der Waals surface area contributed by atoms with Gasteiger partial charge in [-0.05, 0) is 71.8 Å². The molecule has 2 aromatic carbocycles. The van der Waals surface area contributed by atoms with Crippen molar-refractivity contribution in [1.82, 2.24) is 0 Å². The fraction of sp³-hybridized carbons (Fsp3) is 0.375.